The highest BCUT2D eigenvalue weighted by molar-refractivity contribution is 5.83. The lowest BCUT2D eigenvalue weighted by molar-refractivity contribution is -0.128. The maximum atomic E-state index is 12.0. The zero-order valence-corrected chi connectivity index (χ0v) is 11.7. The number of aromatic nitrogens is 2. The molecule has 1 fully saturated rings. The number of carbonyl (C=O) groups is 2. The van der Waals surface area contributed by atoms with Gasteiger partial charge in [0, 0.05) is 38.3 Å². The maximum Gasteiger partial charge on any atom is 0.224 e. The smallest absolute Gasteiger partial charge is 0.224 e. The number of imidazole rings is 1. The number of amides is 2. The molecule has 0 aromatic carbocycles. The van der Waals surface area contributed by atoms with Crippen LogP contribution in [0.5, 0.6) is 0 Å². The van der Waals surface area contributed by atoms with Crippen LogP contribution < -0.4 is 10.6 Å². The van der Waals surface area contributed by atoms with Gasteiger partial charge in [0.1, 0.15) is 5.65 Å². The minimum absolute atomic E-state index is 0.0127. The van der Waals surface area contributed by atoms with Crippen LogP contribution in [0.2, 0.25) is 0 Å². The normalized spacial score (nSPS) is 18.5. The second-order valence-corrected chi connectivity index (χ2v) is 5.28. The van der Waals surface area contributed by atoms with E-state index in [2.05, 4.69) is 15.6 Å². The van der Waals surface area contributed by atoms with Crippen molar-refractivity contribution in [1.82, 2.24) is 20.0 Å². The van der Waals surface area contributed by atoms with Gasteiger partial charge in [0.2, 0.25) is 11.8 Å². The Bertz CT molecular complexity index is 621. The Morgan fingerprint density at radius 3 is 3.14 bits per heavy atom. The molecule has 0 unspecified atom stereocenters. The van der Waals surface area contributed by atoms with Crippen LogP contribution in [-0.2, 0) is 16.0 Å². The van der Waals surface area contributed by atoms with Crippen molar-refractivity contribution in [3.8, 4) is 0 Å². The lowest BCUT2D eigenvalue weighted by atomic mass is 9.98. The first-order valence-corrected chi connectivity index (χ1v) is 7.19. The SMILES string of the molecule is O=C1CC[C@@H](C(=O)NCCc2cn3ccccc3n2)CN1. The van der Waals surface area contributed by atoms with E-state index in [0.29, 0.717) is 32.4 Å². The molecule has 110 valence electrons. The average Bonchev–Trinajstić information content (AvgIpc) is 2.90. The van der Waals surface area contributed by atoms with Gasteiger partial charge in [-0.15, -0.1) is 0 Å². The average molecular weight is 286 g/mol. The summed E-state index contributed by atoms with van der Waals surface area (Å²) in [7, 11) is 0. The van der Waals surface area contributed by atoms with Crippen molar-refractivity contribution >= 4 is 17.5 Å². The molecule has 6 nitrogen and oxygen atoms in total. The molecule has 0 saturated carbocycles. The molecule has 0 radical (unpaired) electrons. The van der Waals surface area contributed by atoms with E-state index in [4.69, 9.17) is 0 Å². The van der Waals surface area contributed by atoms with Crippen LogP contribution in [0.25, 0.3) is 5.65 Å². The Morgan fingerprint density at radius 1 is 1.48 bits per heavy atom. The fourth-order valence-corrected chi connectivity index (χ4v) is 2.52. The van der Waals surface area contributed by atoms with Crippen molar-refractivity contribution in [3.63, 3.8) is 0 Å². The summed E-state index contributed by atoms with van der Waals surface area (Å²) in [6.45, 7) is 1.01. The number of fused-ring (bicyclic) bond motifs is 1. The molecule has 2 N–H and O–H groups in total. The van der Waals surface area contributed by atoms with Crippen molar-refractivity contribution < 1.29 is 9.59 Å². The summed E-state index contributed by atoms with van der Waals surface area (Å²) in [5, 5.41) is 5.64. The van der Waals surface area contributed by atoms with Crippen molar-refractivity contribution in [2.75, 3.05) is 13.1 Å². The standard InChI is InChI=1S/C15H18N4O2/c20-14-5-4-11(9-17-14)15(21)16-7-6-12-10-19-8-2-1-3-13(19)18-12/h1-3,8,10-11H,4-7,9H2,(H,16,21)(H,17,20)/t11-/m1/s1. The number of pyridine rings is 1. The van der Waals surface area contributed by atoms with Crippen LogP contribution in [0.4, 0.5) is 0 Å². The van der Waals surface area contributed by atoms with Gasteiger partial charge in [0.25, 0.3) is 0 Å². The van der Waals surface area contributed by atoms with Crippen LogP contribution in [0.3, 0.4) is 0 Å². The first-order chi connectivity index (χ1) is 10.2. The quantitative estimate of drug-likeness (QED) is 0.860. The molecule has 2 aromatic heterocycles. The predicted octanol–water partition coefficient (Wildman–Crippen LogP) is 0.519. The van der Waals surface area contributed by atoms with Gasteiger partial charge in [-0.05, 0) is 18.6 Å². The lowest BCUT2D eigenvalue weighted by Crippen LogP contribution is -2.43. The van der Waals surface area contributed by atoms with Crippen LogP contribution in [0.1, 0.15) is 18.5 Å². The topological polar surface area (TPSA) is 75.5 Å². The first-order valence-electron chi connectivity index (χ1n) is 7.19. The third-order valence-corrected chi connectivity index (χ3v) is 3.73. The Hall–Kier alpha value is -2.37. The molecule has 3 rings (SSSR count). The fourth-order valence-electron chi connectivity index (χ4n) is 2.52. The van der Waals surface area contributed by atoms with E-state index in [1.54, 1.807) is 0 Å². The summed E-state index contributed by atoms with van der Waals surface area (Å²) in [5.41, 5.74) is 1.87. The molecular weight excluding hydrogens is 268 g/mol. The molecular formula is C15H18N4O2. The van der Waals surface area contributed by atoms with E-state index in [9.17, 15) is 9.59 Å². The van der Waals surface area contributed by atoms with E-state index < -0.39 is 0 Å². The van der Waals surface area contributed by atoms with E-state index in [1.165, 1.54) is 0 Å². The Labute approximate surface area is 122 Å². The van der Waals surface area contributed by atoms with Crippen LogP contribution in [0.15, 0.2) is 30.6 Å². The molecule has 1 atom stereocenters. The lowest BCUT2D eigenvalue weighted by Gasteiger charge is -2.21. The molecule has 2 amide bonds. The second kappa shape index (κ2) is 5.95. The monoisotopic (exact) mass is 286 g/mol. The van der Waals surface area contributed by atoms with Crippen LogP contribution in [0, 0.1) is 5.92 Å². The fraction of sp³-hybridized carbons (Fsp3) is 0.400. The zero-order valence-electron chi connectivity index (χ0n) is 11.7. The third kappa shape index (κ3) is 3.21. The van der Waals surface area contributed by atoms with E-state index >= 15 is 0 Å². The highest BCUT2D eigenvalue weighted by Gasteiger charge is 2.23. The summed E-state index contributed by atoms with van der Waals surface area (Å²) in [6, 6.07) is 5.86. The number of carbonyl (C=O) groups excluding carboxylic acids is 2. The number of hydrogen-bond donors (Lipinski definition) is 2. The number of nitrogens with zero attached hydrogens (tertiary/aromatic N) is 2. The van der Waals surface area contributed by atoms with Crippen LogP contribution >= 0.6 is 0 Å². The summed E-state index contributed by atoms with van der Waals surface area (Å²) >= 11 is 0. The minimum Gasteiger partial charge on any atom is -0.355 e. The highest BCUT2D eigenvalue weighted by atomic mass is 16.2. The van der Waals surface area contributed by atoms with Gasteiger partial charge in [0.15, 0.2) is 0 Å². The molecule has 6 heteroatoms. The van der Waals surface area contributed by atoms with Gasteiger partial charge < -0.3 is 15.0 Å². The summed E-state index contributed by atoms with van der Waals surface area (Å²) < 4.78 is 1.97. The van der Waals surface area contributed by atoms with E-state index in [-0.39, 0.29) is 17.7 Å². The van der Waals surface area contributed by atoms with E-state index in [0.717, 1.165) is 11.3 Å². The maximum absolute atomic E-state index is 12.0. The molecule has 1 aliphatic rings. The van der Waals surface area contributed by atoms with Gasteiger partial charge in [-0.1, -0.05) is 6.07 Å². The first kappa shape index (κ1) is 13.6. The van der Waals surface area contributed by atoms with Gasteiger partial charge in [-0.3, -0.25) is 9.59 Å². The molecule has 1 saturated heterocycles. The minimum atomic E-state index is -0.108. The molecule has 0 spiro atoms. The Morgan fingerprint density at radius 2 is 2.38 bits per heavy atom. The molecule has 0 aliphatic carbocycles. The molecule has 21 heavy (non-hydrogen) atoms. The van der Waals surface area contributed by atoms with Crippen molar-refractivity contribution in [2.24, 2.45) is 5.92 Å². The second-order valence-electron chi connectivity index (χ2n) is 5.28. The van der Waals surface area contributed by atoms with Gasteiger partial charge in [0.05, 0.1) is 11.6 Å². The van der Waals surface area contributed by atoms with Crippen molar-refractivity contribution in [3.05, 3.63) is 36.3 Å². The Balaban J connectivity index is 1.49. The number of rotatable bonds is 4. The van der Waals surface area contributed by atoms with E-state index in [1.807, 2.05) is 35.0 Å². The Kier molecular flexibility index (Phi) is 3.85. The number of piperidine rings is 1. The molecule has 2 aromatic rings. The number of hydrogen-bond acceptors (Lipinski definition) is 3. The zero-order chi connectivity index (χ0) is 14.7. The summed E-state index contributed by atoms with van der Waals surface area (Å²) in [4.78, 5) is 27.5. The number of nitrogens with one attached hydrogen (secondary N) is 2. The van der Waals surface area contributed by atoms with Crippen molar-refractivity contribution in [1.29, 1.82) is 0 Å². The highest BCUT2D eigenvalue weighted by Crippen LogP contribution is 2.10. The van der Waals surface area contributed by atoms with Crippen molar-refractivity contribution in [2.45, 2.75) is 19.3 Å². The van der Waals surface area contributed by atoms with Crippen LogP contribution in [-0.4, -0.2) is 34.3 Å². The van der Waals surface area contributed by atoms with Gasteiger partial charge in [-0.2, -0.15) is 0 Å². The predicted molar refractivity (Wildman–Crippen MR) is 77.6 cm³/mol. The largest absolute Gasteiger partial charge is 0.355 e. The molecule has 3 heterocycles. The summed E-state index contributed by atoms with van der Waals surface area (Å²) in [5.74, 6) is -0.0636. The third-order valence-electron chi connectivity index (χ3n) is 3.73. The van der Waals surface area contributed by atoms with Gasteiger partial charge >= 0.3 is 0 Å². The summed E-state index contributed by atoms with van der Waals surface area (Å²) in [6.07, 6.45) is 5.69. The molecule has 0 bridgehead atoms. The van der Waals surface area contributed by atoms with Gasteiger partial charge in [-0.25, -0.2) is 4.98 Å². The molecule has 1 aliphatic heterocycles.